The molecular weight excluding hydrogens is 202 g/mol. The summed E-state index contributed by atoms with van der Waals surface area (Å²) in [6.45, 7) is 0. The van der Waals surface area contributed by atoms with Crippen LogP contribution in [0.1, 0.15) is 12.8 Å². The van der Waals surface area contributed by atoms with E-state index in [1.807, 2.05) is 0 Å². The molecule has 3 aliphatic rings. The minimum atomic E-state index is -0.528. The molecule has 3 nitrogen and oxygen atoms in total. The monoisotopic (exact) mass is 217 g/mol. The van der Waals surface area contributed by atoms with E-state index in [0.717, 1.165) is 12.0 Å². The van der Waals surface area contributed by atoms with E-state index in [1.54, 1.807) is 7.11 Å². The lowest BCUT2D eigenvalue weighted by molar-refractivity contribution is -0.0323. The van der Waals surface area contributed by atoms with Gasteiger partial charge >= 0.3 is 0 Å². The van der Waals surface area contributed by atoms with Gasteiger partial charge in [-0.05, 0) is 18.4 Å². The molecule has 3 rings (SSSR count). The fourth-order valence-electron chi connectivity index (χ4n) is 3.44. The number of nitrogens with zero attached hydrogens (tertiary/aromatic N) is 1. The number of allylic oxidation sites excluding steroid dienone is 3. The Labute approximate surface area is 95.0 Å². The molecule has 1 saturated carbocycles. The van der Waals surface area contributed by atoms with E-state index >= 15 is 0 Å². The molecule has 0 heterocycles. The Kier molecular flexibility index (Phi) is 2.01. The molecule has 3 aliphatic carbocycles. The number of methoxy groups -OCH3 is 1. The van der Waals surface area contributed by atoms with Gasteiger partial charge in [-0.3, -0.25) is 0 Å². The SMILES string of the molecule is CO[C@@]12CC[C@@H](O)C1=C[C@@H]1C=CC1[C@@H]2C#N. The Morgan fingerprint density at radius 3 is 2.94 bits per heavy atom. The van der Waals surface area contributed by atoms with Crippen molar-refractivity contribution in [1.29, 1.82) is 5.26 Å². The van der Waals surface area contributed by atoms with Gasteiger partial charge in [-0.15, -0.1) is 0 Å². The predicted molar refractivity (Wildman–Crippen MR) is 58.3 cm³/mol. The summed E-state index contributed by atoms with van der Waals surface area (Å²) in [5.41, 5.74) is 0.409. The topological polar surface area (TPSA) is 53.2 Å². The number of hydrogen-bond acceptors (Lipinski definition) is 3. The standard InChI is InChI=1S/C13H15NO2/c1-16-13-5-4-12(15)10(13)6-8-2-3-9(8)11(13)7-14/h2-3,6,8-9,11-12,15H,4-5H2,1H3/t8-,9?,11-,12+,13-/m0/s1. The van der Waals surface area contributed by atoms with Crippen molar-refractivity contribution >= 4 is 0 Å². The van der Waals surface area contributed by atoms with Gasteiger partial charge in [0, 0.05) is 18.9 Å². The van der Waals surface area contributed by atoms with Crippen molar-refractivity contribution in [3.63, 3.8) is 0 Å². The van der Waals surface area contributed by atoms with E-state index in [2.05, 4.69) is 24.3 Å². The quantitative estimate of drug-likeness (QED) is 0.676. The molecule has 0 aliphatic heterocycles. The third kappa shape index (κ3) is 0.991. The van der Waals surface area contributed by atoms with E-state index in [1.165, 1.54) is 0 Å². The summed E-state index contributed by atoms with van der Waals surface area (Å²) in [6.07, 6.45) is 7.35. The largest absolute Gasteiger partial charge is 0.389 e. The summed E-state index contributed by atoms with van der Waals surface area (Å²) >= 11 is 0. The van der Waals surface area contributed by atoms with Crippen molar-refractivity contribution in [2.75, 3.05) is 7.11 Å². The number of nitriles is 1. The fourth-order valence-corrected chi connectivity index (χ4v) is 3.44. The van der Waals surface area contributed by atoms with E-state index in [0.29, 0.717) is 12.3 Å². The molecule has 0 aromatic carbocycles. The highest BCUT2D eigenvalue weighted by Gasteiger charge is 2.56. The fraction of sp³-hybridized carbons (Fsp3) is 0.615. The number of hydrogen-bond donors (Lipinski definition) is 1. The first kappa shape index (κ1) is 10.1. The van der Waals surface area contributed by atoms with Gasteiger partial charge in [-0.1, -0.05) is 18.2 Å². The Morgan fingerprint density at radius 2 is 2.38 bits per heavy atom. The van der Waals surface area contributed by atoms with Crippen LogP contribution in [0.3, 0.4) is 0 Å². The highest BCUT2D eigenvalue weighted by Crippen LogP contribution is 2.54. The van der Waals surface area contributed by atoms with Crippen LogP contribution < -0.4 is 0 Å². The zero-order valence-electron chi connectivity index (χ0n) is 9.26. The molecule has 3 heteroatoms. The number of rotatable bonds is 1. The highest BCUT2D eigenvalue weighted by atomic mass is 16.5. The summed E-state index contributed by atoms with van der Waals surface area (Å²) in [4.78, 5) is 0. The average Bonchev–Trinajstić information content (AvgIpc) is 2.59. The first-order valence-electron chi connectivity index (χ1n) is 5.76. The second kappa shape index (κ2) is 3.19. The first-order chi connectivity index (χ1) is 7.73. The molecule has 0 bridgehead atoms. The molecular formula is C13H15NO2. The first-order valence-corrected chi connectivity index (χ1v) is 5.76. The Balaban J connectivity index is 2.11. The second-order valence-corrected chi connectivity index (χ2v) is 4.92. The maximum absolute atomic E-state index is 9.98. The molecule has 1 N–H and O–H groups in total. The molecule has 0 spiro atoms. The molecule has 0 radical (unpaired) electrons. The van der Waals surface area contributed by atoms with Gasteiger partial charge in [0.1, 0.15) is 5.60 Å². The van der Waals surface area contributed by atoms with Crippen LogP contribution in [-0.2, 0) is 4.74 Å². The molecule has 0 saturated heterocycles. The summed E-state index contributed by atoms with van der Waals surface area (Å²) < 4.78 is 5.64. The van der Waals surface area contributed by atoms with Crippen molar-refractivity contribution in [3.8, 4) is 6.07 Å². The molecule has 0 aromatic heterocycles. The van der Waals surface area contributed by atoms with Gasteiger partial charge in [0.05, 0.1) is 18.1 Å². The van der Waals surface area contributed by atoms with Crippen LogP contribution in [0.2, 0.25) is 0 Å². The van der Waals surface area contributed by atoms with Crippen molar-refractivity contribution in [2.45, 2.75) is 24.5 Å². The molecule has 0 aromatic rings. The number of aliphatic hydroxyl groups is 1. The molecule has 16 heavy (non-hydrogen) atoms. The maximum atomic E-state index is 9.98. The van der Waals surface area contributed by atoms with Crippen molar-refractivity contribution in [2.24, 2.45) is 17.8 Å². The number of fused-ring (bicyclic) bond motifs is 2. The molecule has 5 atom stereocenters. The van der Waals surface area contributed by atoms with E-state index < -0.39 is 11.7 Å². The smallest absolute Gasteiger partial charge is 0.108 e. The van der Waals surface area contributed by atoms with Crippen LogP contribution >= 0.6 is 0 Å². The van der Waals surface area contributed by atoms with Gasteiger partial charge in [0.2, 0.25) is 0 Å². The highest BCUT2D eigenvalue weighted by molar-refractivity contribution is 5.41. The lowest BCUT2D eigenvalue weighted by atomic mass is 9.61. The summed E-state index contributed by atoms with van der Waals surface area (Å²) in [5, 5.41) is 19.4. The van der Waals surface area contributed by atoms with Crippen LogP contribution in [0.5, 0.6) is 0 Å². The lowest BCUT2D eigenvalue weighted by Crippen LogP contribution is -2.49. The summed E-state index contributed by atoms with van der Waals surface area (Å²) in [5.74, 6) is 0.458. The van der Waals surface area contributed by atoms with Crippen LogP contribution in [0.25, 0.3) is 0 Å². The Hall–Kier alpha value is -1.11. The van der Waals surface area contributed by atoms with Gasteiger partial charge < -0.3 is 9.84 Å². The average molecular weight is 217 g/mol. The molecule has 84 valence electrons. The van der Waals surface area contributed by atoms with E-state index in [4.69, 9.17) is 4.74 Å². The van der Waals surface area contributed by atoms with E-state index in [-0.39, 0.29) is 11.8 Å². The van der Waals surface area contributed by atoms with Crippen LogP contribution in [0, 0.1) is 29.1 Å². The van der Waals surface area contributed by atoms with E-state index in [9.17, 15) is 10.4 Å². The van der Waals surface area contributed by atoms with Crippen LogP contribution in [-0.4, -0.2) is 23.9 Å². The molecule has 1 unspecified atom stereocenters. The third-order valence-electron chi connectivity index (χ3n) is 4.40. The number of aliphatic hydroxyl groups excluding tert-OH is 1. The summed E-state index contributed by atoms with van der Waals surface area (Å²) in [6, 6.07) is 2.39. The van der Waals surface area contributed by atoms with Crippen molar-refractivity contribution in [3.05, 3.63) is 23.8 Å². The van der Waals surface area contributed by atoms with Gasteiger partial charge in [-0.25, -0.2) is 0 Å². The van der Waals surface area contributed by atoms with Crippen molar-refractivity contribution in [1.82, 2.24) is 0 Å². The third-order valence-corrected chi connectivity index (χ3v) is 4.40. The van der Waals surface area contributed by atoms with Crippen LogP contribution in [0.4, 0.5) is 0 Å². The van der Waals surface area contributed by atoms with Gasteiger partial charge in [0.25, 0.3) is 0 Å². The lowest BCUT2D eigenvalue weighted by Gasteiger charge is -2.46. The zero-order chi connectivity index (χ0) is 11.3. The predicted octanol–water partition coefficient (Wildman–Crippen LogP) is 1.41. The normalized spacial score (nSPS) is 48.7. The van der Waals surface area contributed by atoms with Gasteiger partial charge in [-0.2, -0.15) is 5.26 Å². The van der Waals surface area contributed by atoms with Crippen molar-refractivity contribution < 1.29 is 9.84 Å². The minimum Gasteiger partial charge on any atom is -0.389 e. The Morgan fingerprint density at radius 1 is 1.56 bits per heavy atom. The minimum absolute atomic E-state index is 0.148. The maximum Gasteiger partial charge on any atom is 0.108 e. The zero-order valence-corrected chi connectivity index (χ0v) is 9.26. The second-order valence-electron chi connectivity index (χ2n) is 4.92. The molecule has 0 amide bonds. The van der Waals surface area contributed by atoms with Gasteiger partial charge in [0.15, 0.2) is 0 Å². The summed E-state index contributed by atoms with van der Waals surface area (Å²) in [7, 11) is 1.65. The Bertz CT molecular complexity index is 420. The number of ether oxygens (including phenoxy) is 1. The molecule has 1 fully saturated rings. The van der Waals surface area contributed by atoms with Crippen LogP contribution in [0.15, 0.2) is 23.8 Å².